The molecule has 0 aliphatic rings. The Morgan fingerprint density at radius 1 is 1.00 bits per heavy atom. The van der Waals surface area contributed by atoms with Gasteiger partial charge in [-0.3, -0.25) is 15.0 Å². The first kappa shape index (κ1) is 13.2. The van der Waals surface area contributed by atoms with Crippen molar-refractivity contribution in [2.24, 2.45) is 0 Å². The van der Waals surface area contributed by atoms with Gasteiger partial charge in [-0.25, -0.2) is 4.68 Å². The number of benzene rings is 1. The maximum atomic E-state index is 11.6. The molecule has 0 aliphatic carbocycles. The summed E-state index contributed by atoms with van der Waals surface area (Å²) in [5.41, 5.74) is 2.45. The van der Waals surface area contributed by atoms with Crippen molar-refractivity contribution in [1.29, 1.82) is 0 Å². The van der Waals surface area contributed by atoms with Crippen LogP contribution < -0.4 is 15.8 Å². The summed E-state index contributed by atoms with van der Waals surface area (Å²) in [6.45, 7) is 0. The summed E-state index contributed by atoms with van der Waals surface area (Å²) >= 11 is 0. The van der Waals surface area contributed by atoms with Crippen LogP contribution in [-0.4, -0.2) is 32.7 Å². The molecule has 2 N–H and O–H groups in total. The number of carbonyl (C=O) groups excluding carboxylic acids is 3. The van der Waals surface area contributed by atoms with Gasteiger partial charge < -0.3 is 15.2 Å². The van der Waals surface area contributed by atoms with Crippen LogP contribution in [0.4, 0.5) is 5.69 Å². The van der Waals surface area contributed by atoms with E-state index in [2.05, 4.69) is 20.9 Å². The van der Waals surface area contributed by atoms with Crippen LogP contribution in [0.2, 0.25) is 0 Å². The summed E-state index contributed by atoms with van der Waals surface area (Å²) < 4.78 is 1.11. The van der Waals surface area contributed by atoms with Crippen molar-refractivity contribution in [2.45, 2.75) is 0 Å². The number of aromatic nitrogens is 3. The Bertz CT molecular complexity index is 635. The van der Waals surface area contributed by atoms with E-state index < -0.39 is 17.8 Å². The van der Waals surface area contributed by atoms with Crippen molar-refractivity contribution in [3.8, 4) is 0 Å². The minimum Gasteiger partial charge on any atom is -0.545 e. The summed E-state index contributed by atoms with van der Waals surface area (Å²) in [6.07, 6.45) is 2.42. The minimum absolute atomic E-state index is 0.0306. The molecule has 0 saturated carbocycles. The van der Waals surface area contributed by atoms with Crippen molar-refractivity contribution >= 4 is 23.5 Å². The van der Waals surface area contributed by atoms with Crippen LogP contribution in [0.1, 0.15) is 10.4 Å². The fraction of sp³-hybridized carbons (Fsp3) is 0. The summed E-state index contributed by atoms with van der Waals surface area (Å²) in [4.78, 5) is 33.6. The van der Waals surface area contributed by atoms with Gasteiger partial charge >= 0.3 is 11.8 Å². The van der Waals surface area contributed by atoms with E-state index in [-0.39, 0.29) is 11.3 Å². The molecule has 1 aromatic carbocycles. The molecule has 9 heteroatoms. The van der Waals surface area contributed by atoms with Crippen molar-refractivity contribution in [3.05, 3.63) is 42.5 Å². The first-order chi connectivity index (χ1) is 9.56. The quantitative estimate of drug-likeness (QED) is 0.645. The molecular weight excluding hydrogens is 266 g/mol. The van der Waals surface area contributed by atoms with Crippen LogP contribution in [0.25, 0.3) is 0 Å². The predicted octanol–water partition coefficient (Wildman–Crippen LogP) is -1.65. The second-order valence-electron chi connectivity index (χ2n) is 3.63. The molecule has 0 saturated heterocycles. The number of carbonyl (C=O) groups is 3. The van der Waals surface area contributed by atoms with Gasteiger partial charge in [-0.15, -0.1) is 10.2 Å². The van der Waals surface area contributed by atoms with Gasteiger partial charge in [0.25, 0.3) is 0 Å². The Balaban J connectivity index is 1.97. The van der Waals surface area contributed by atoms with Crippen LogP contribution in [0.3, 0.4) is 0 Å². The molecule has 1 heterocycles. The van der Waals surface area contributed by atoms with E-state index in [1.54, 1.807) is 0 Å². The lowest BCUT2D eigenvalue weighted by Crippen LogP contribution is -2.33. The topological polar surface area (TPSA) is 129 Å². The number of carboxylic acid groups (broad SMARTS) is 1. The predicted molar refractivity (Wildman–Crippen MR) is 63.8 cm³/mol. The zero-order chi connectivity index (χ0) is 14.5. The third kappa shape index (κ3) is 3.16. The maximum absolute atomic E-state index is 11.6. The second-order valence-corrected chi connectivity index (χ2v) is 3.63. The van der Waals surface area contributed by atoms with Crippen molar-refractivity contribution in [1.82, 2.24) is 14.9 Å². The highest BCUT2D eigenvalue weighted by Crippen LogP contribution is 2.08. The Hall–Kier alpha value is -3.23. The fourth-order valence-corrected chi connectivity index (χ4v) is 1.30. The number of hydrogen-bond donors (Lipinski definition) is 2. The Morgan fingerprint density at radius 2 is 1.60 bits per heavy atom. The highest BCUT2D eigenvalue weighted by Gasteiger charge is 2.13. The fourth-order valence-electron chi connectivity index (χ4n) is 1.30. The highest BCUT2D eigenvalue weighted by atomic mass is 16.4. The number of aromatic carboxylic acids is 1. The van der Waals surface area contributed by atoms with Gasteiger partial charge in [0.1, 0.15) is 12.7 Å². The molecule has 0 aliphatic heterocycles. The third-order valence-electron chi connectivity index (χ3n) is 2.23. The smallest absolute Gasteiger partial charge is 0.328 e. The first-order valence-electron chi connectivity index (χ1n) is 5.34. The van der Waals surface area contributed by atoms with Crippen LogP contribution in [0.15, 0.2) is 36.9 Å². The molecular formula is C11H8N5O4-. The number of rotatable bonds is 3. The molecule has 0 unspecified atom stereocenters. The number of amides is 2. The van der Waals surface area contributed by atoms with Gasteiger partial charge in [-0.1, -0.05) is 12.1 Å². The summed E-state index contributed by atoms with van der Waals surface area (Å²) in [7, 11) is 0. The Morgan fingerprint density at radius 3 is 2.15 bits per heavy atom. The van der Waals surface area contributed by atoms with E-state index in [0.717, 1.165) is 4.68 Å². The number of anilines is 1. The number of nitrogens with zero attached hydrogens (tertiary/aromatic N) is 3. The summed E-state index contributed by atoms with van der Waals surface area (Å²) in [5, 5.41) is 19.7. The van der Waals surface area contributed by atoms with Crippen LogP contribution in [0, 0.1) is 0 Å². The molecule has 0 fully saturated rings. The standard InChI is InChI=1S/C11H9N5O4/c17-9(10(18)15-16-5-12-13-6-16)14-8-3-1-7(2-4-8)11(19)20/h1-6H,(H,14,17)(H,15,18)(H,19,20)/p-1. The first-order valence-corrected chi connectivity index (χ1v) is 5.34. The molecule has 2 aromatic rings. The van der Waals surface area contributed by atoms with E-state index >= 15 is 0 Å². The van der Waals surface area contributed by atoms with Crippen LogP contribution in [0.5, 0.6) is 0 Å². The van der Waals surface area contributed by atoms with Gasteiger partial charge in [-0.2, -0.15) is 0 Å². The SMILES string of the molecule is O=C(Nc1ccc(C(=O)[O-])cc1)C(=O)Nn1cnnc1. The normalized spacial score (nSPS) is 9.80. The largest absolute Gasteiger partial charge is 0.545 e. The molecule has 0 radical (unpaired) electrons. The van der Waals surface area contributed by atoms with Crippen molar-refractivity contribution in [3.63, 3.8) is 0 Å². The van der Waals surface area contributed by atoms with E-state index in [0.29, 0.717) is 0 Å². The van der Waals surface area contributed by atoms with E-state index in [1.165, 1.54) is 36.9 Å². The van der Waals surface area contributed by atoms with Crippen molar-refractivity contribution < 1.29 is 19.5 Å². The monoisotopic (exact) mass is 274 g/mol. The zero-order valence-corrected chi connectivity index (χ0v) is 9.94. The summed E-state index contributed by atoms with van der Waals surface area (Å²) in [6, 6.07) is 5.19. The molecule has 1 aromatic heterocycles. The molecule has 102 valence electrons. The van der Waals surface area contributed by atoms with Crippen LogP contribution >= 0.6 is 0 Å². The van der Waals surface area contributed by atoms with Crippen LogP contribution in [-0.2, 0) is 9.59 Å². The molecule has 0 bridgehead atoms. The average Bonchev–Trinajstić information content (AvgIpc) is 2.92. The van der Waals surface area contributed by atoms with E-state index in [1.807, 2.05) is 0 Å². The molecule has 2 amide bonds. The van der Waals surface area contributed by atoms with E-state index in [4.69, 9.17) is 0 Å². The molecule has 2 rings (SSSR count). The molecule has 9 nitrogen and oxygen atoms in total. The molecule has 0 atom stereocenters. The lowest BCUT2D eigenvalue weighted by molar-refractivity contribution is -0.255. The highest BCUT2D eigenvalue weighted by molar-refractivity contribution is 6.42. The lowest BCUT2D eigenvalue weighted by atomic mass is 10.2. The third-order valence-corrected chi connectivity index (χ3v) is 2.23. The van der Waals surface area contributed by atoms with Gasteiger partial charge in [0, 0.05) is 5.69 Å². The minimum atomic E-state index is -1.33. The van der Waals surface area contributed by atoms with Gasteiger partial charge in [0.15, 0.2) is 0 Å². The van der Waals surface area contributed by atoms with Gasteiger partial charge in [0.2, 0.25) is 0 Å². The van der Waals surface area contributed by atoms with E-state index in [9.17, 15) is 19.5 Å². The molecule has 20 heavy (non-hydrogen) atoms. The summed E-state index contributed by atoms with van der Waals surface area (Å²) in [5.74, 6) is -3.16. The van der Waals surface area contributed by atoms with Gasteiger partial charge in [0.05, 0.1) is 5.97 Å². The second kappa shape index (κ2) is 5.61. The zero-order valence-electron chi connectivity index (χ0n) is 9.94. The lowest BCUT2D eigenvalue weighted by Gasteiger charge is -2.07. The number of hydrogen-bond acceptors (Lipinski definition) is 6. The maximum Gasteiger partial charge on any atom is 0.328 e. The number of carboxylic acids is 1. The average molecular weight is 274 g/mol. The Kier molecular flexibility index (Phi) is 3.70. The Labute approximate surface area is 112 Å². The number of nitrogens with one attached hydrogen (secondary N) is 2. The van der Waals surface area contributed by atoms with Crippen molar-refractivity contribution in [2.75, 3.05) is 10.7 Å². The molecule has 0 spiro atoms. The van der Waals surface area contributed by atoms with Gasteiger partial charge in [-0.05, 0) is 17.7 Å².